The molecule has 1 aromatic rings. The van der Waals surface area contributed by atoms with Gasteiger partial charge in [0.05, 0.1) is 10.7 Å². The Balaban J connectivity index is 1.88. The second-order valence-corrected chi connectivity index (χ2v) is 6.52. The third-order valence-corrected chi connectivity index (χ3v) is 4.54. The van der Waals surface area contributed by atoms with Crippen LogP contribution in [0.4, 0.5) is 0 Å². The molecule has 1 fully saturated rings. The van der Waals surface area contributed by atoms with Gasteiger partial charge < -0.3 is 0 Å². The molecular weight excluding hydrogens is 272 g/mol. The zero-order chi connectivity index (χ0) is 10.7. The van der Waals surface area contributed by atoms with Crippen LogP contribution in [0.1, 0.15) is 30.0 Å². The summed E-state index contributed by atoms with van der Waals surface area (Å²) in [7, 11) is 0. The summed E-state index contributed by atoms with van der Waals surface area (Å²) < 4.78 is 0. The van der Waals surface area contributed by atoms with Gasteiger partial charge in [0.1, 0.15) is 0 Å². The molecule has 15 heavy (non-hydrogen) atoms. The molecule has 0 aromatic carbocycles. The van der Waals surface area contributed by atoms with E-state index in [1.807, 2.05) is 0 Å². The second kappa shape index (κ2) is 5.41. The zero-order valence-electron chi connectivity index (χ0n) is 9.08. The van der Waals surface area contributed by atoms with Crippen molar-refractivity contribution in [1.82, 2.24) is 9.88 Å². The number of halogens is 1. The van der Waals surface area contributed by atoms with Gasteiger partial charge in [0.25, 0.3) is 0 Å². The Morgan fingerprint density at radius 2 is 2.40 bits per heavy atom. The van der Waals surface area contributed by atoms with Gasteiger partial charge in [-0.2, -0.15) is 0 Å². The normalized spacial score (nSPS) is 24.0. The molecule has 0 amide bonds. The third kappa shape index (κ3) is 3.54. The quantitative estimate of drug-likeness (QED) is 0.777. The van der Waals surface area contributed by atoms with Crippen molar-refractivity contribution in [2.45, 2.75) is 37.6 Å². The van der Waals surface area contributed by atoms with Crippen LogP contribution in [0, 0.1) is 6.92 Å². The Kier molecular flexibility index (Phi) is 4.17. The van der Waals surface area contributed by atoms with Gasteiger partial charge in [-0.3, -0.25) is 4.90 Å². The van der Waals surface area contributed by atoms with E-state index in [9.17, 15) is 0 Å². The fraction of sp³-hybridized carbons (Fsp3) is 0.727. The van der Waals surface area contributed by atoms with E-state index < -0.39 is 0 Å². The van der Waals surface area contributed by atoms with Crippen molar-refractivity contribution >= 4 is 27.3 Å². The number of likely N-dealkylation sites (tertiary alicyclic amines) is 1. The lowest BCUT2D eigenvalue weighted by molar-refractivity contribution is 0.274. The van der Waals surface area contributed by atoms with Crippen molar-refractivity contribution in [3.8, 4) is 0 Å². The lowest BCUT2D eigenvalue weighted by atomic mass is 10.2. The summed E-state index contributed by atoms with van der Waals surface area (Å²) in [6.45, 7) is 5.53. The molecule has 84 valence electrons. The molecule has 0 bridgehead atoms. The molecule has 2 rings (SSSR count). The minimum Gasteiger partial charge on any atom is -0.297 e. The van der Waals surface area contributed by atoms with Crippen LogP contribution >= 0.6 is 27.3 Å². The van der Waals surface area contributed by atoms with Crippen molar-refractivity contribution in [3.63, 3.8) is 0 Å². The number of hydrogen-bond acceptors (Lipinski definition) is 3. The maximum absolute atomic E-state index is 4.52. The molecule has 1 atom stereocenters. The molecular formula is C11H17BrN2S. The molecule has 4 heteroatoms. The molecule has 1 aliphatic heterocycles. The fourth-order valence-corrected chi connectivity index (χ4v) is 3.12. The first-order valence-electron chi connectivity index (χ1n) is 5.51. The highest BCUT2D eigenvalue weighted by atomic mass is 79.9. The van der Waals surface area contributed by atoms with E-state index in [1.165, 1.54) is 43.1 Å². The van der Waals surface area contributed by atoms with Crippen LogP contribution in [0.3, 0.4) is 0 Å². The summed E-state index contributed by atoms with van der Waals surface area (Å²) in [5, 5.41) is 3.37. The van der Waals surface area contributed by atoms with E-state index in [2.05, 4.69) is 38.1 Å². The molecule has 0 aliphatic carbocycles. The number of thiazole rings is 1. The van der Waals surface area contributed by atoms with Gasteiger partial charge in [0.15, 0.2) is 0 Å². The highest BCUT2D eigenvalue weighted by Crippen LogP contribution is 2.19. The first kappa shape index (κ1) is 11.6. The molecule has 2 nitrogen and oxygen atoms in total. The highest BCUT2D eigenvalue weighted by molar-refractivity contribution is 9.09. The molecule has 0 spiro atoms. The van der Waals surface area contributed by atoms with Crippen LogP contribution in [0.2, 0.25) is 0 Å². The minimum absolute atomic E-state index is 0.722. The highest BCUT2D eigenvalue weighted by Gasteiger charge is 2.15. The minimum atomic E-state index is 0.722. The SMILES string of the molecule is Cc1nc(CN2CCCC(Br)CC2)cs1. The Bertz CT molecular complexity index is 313. The molecule has 0 radical (unpaired) electrons. The summed E-state index contributed by atoms with van der Waals surface area (Å²) >= 11 is 5.47. The largest absolute Gasteiger partial charge is 0.297 e. The third-order valence-electron chi connectivity index (χ3n) is 2.80. The Morgan fingerprint density at radius 1 is 1.53 bits per heavy atom. The smallest absolute Gasteiger partial charge is 0.0897 e. The number of rotatable bonds is 2. The van der Waals surface area contributed by atoms with Crippen molar-refractivity contribution in [1.29, 1.82) is 0 Å². The molecule has 2 heterocycles. The van der Waals surface area contributed by atoms with Crippen molar-refractivity contribution < 1.29 is 0 Å². The Morgan fingerprint density at radius 3 is 3.13 bits per heavy atom. The summed E-state index contributed by atoms with van der Waals surface area (Å²) in [6.07, 6.45) is 3.88. The summed E-state index contributed by atoms with van der Waals surface area (Å²) in [5.74, 6) is 0. The molecule has 0 saturated carbocycles. The molecule has 1 aliphatic rings. The van der Waals surface area contributed by atoms with E-state index in [4.69, 9.17) is 0 Å². The van der Waals surface area contributed by atoms with E-state index in [-0.39, 0.29) is 0 Å². The van der Waals surface area contributed by atoms with Gasteiger partial charge in [-0.15, -0.1) is 11.3 Å². The second-order valence-electron chi connectivity index (χ2n) is 4.16. The van der Waals surface area contributed by atoms with Crippen molar-refractivity contribution in [2.75, 3.05) is 13.1 Å². The summed E-state index contributed by atoms with van der Waals surface area (Å²) in [6, 6.07) is 0. The summed E-state index contributed by atoms with van der Waals surface area (Å²) in [4.78, 5) is 7.77. The summed E-state index contributed by atoms with van der Waals surface area (Å²) in [5.41, 5.74) is 1.24. The average Bonchev–Trinajstić information content (AvgIpc) is 2.48. The maximum Gasteiger partial charge on any atom is 0.0897 e. The Labute approximate surface area is 104 Å². The topological polar surface area (TPSA) is 16.1 Å². The number of nitrogens with zero attached hydrogens (tertiary/aromatic N) is 2. The monoisotopic (exact) mass is 288 g/mol. The first-order valence-corrected chi connectivity index (χ1v) is 7.31. The number of aromatic nitrogens is 1. The van der Waals surface area contributed by atoms with Crippen LogP contribution in [-0.2, 0) is 6.54 Å². The zero-order valence-corrected chi connectivity index (χ0v) is 11.5. The van der Waals surface area contributed by atoms with Gasteiger partial charge in [-0.1, -0.05) is 15.9 Å². The average molecular weight is 289 g/mol. The molecule has 0 N–H and O–H groups in total. The van der Waals surface area contributed by atoms with Gasteiger partial charge in [-0.25, -0.2) is 4.98 Å². The van der Waals surface area contributed by atoms with Crippen LogP contribution in [-0.4, -0.2) is 27.8 Å². The van der Waals surface area contributed by atoms with Crippen molar-refractivity contribution in [2.24, 2.45) is 0 Å². The number of aryl methyl sites for hydroxylation is 1. The standard InChI is InChI=1S/C11H17BrN2S/c1-9-13-11(8-15-9)7-14-5-2-3-10(12)4-6-14/h8,10H,2-7H2,1H3. The van der Waals surface area contributed by atoms with E-state index in [1.54, 1.807) is 11.3 Å². The Hall–Kier alpha value is 0.0700. The van der Waals surface area contributed by atoms with Crippen LogP contribution in [0.5, 0.6) is 0 Å². The van der Waals surface area contributed by atoms with Crippen LogP contribution in [0.15, 0.2) is 5.38 Å². The van der Waals surface area contributed by atoms with Crippen molar-refractivity contribution in [3.05, 3.63) is 16.1 Å². The van der Waals surface area contributed by atoms with Gasteiger partial charge in [-0.05, 0) is 39.3 Å². The predicted molar refractivity (Wildman–Crippen MR) is 68.7 cm³/mol. The predicted octanol–water partition coefficient (Wildman–Crippen LogP) is 3.20. The number of alkyl halides is 1. The van der Waals surface area contributed by atoms with E-state index in [0.29, 0.717) is 0 Å². The van der Waals surface area contributed by atoms with Gasteiger partial charge in [0, 0.05) is 16.8 Å². The van der Waals surface area contributed by atoms with E-state index in [0.717, 1.165) is 11.4 Å². The molecule has 1 aromatic heterocycles. The molecule has 1 unspecified atom stereocenters. The van der Waals surface area contributed by atoms with Gasteiger partial charge in [0.2, 0.25) is 0 Å². The van der Waals surface area contributed by atoms with Crippen LogP contribution in [0.25, 0.3) is 0 Å². The fourth-order valence-electron chi connectivity index (χ4n) is 1.98. The van der Waals surface area contributed by atoms with Crippen LogP contribution < -0.4 is 0 Å². The lowest BCUT2D eigenvalue weighted by Gasteiger charge is -2.18. The first-order chi connectivity index (χ1) is 7.24. The maximum atomic E-state index is 4.52. The lowest BCUT2D eigenvalue weighted by Crippen LogP contribution is -2.24. The van der Waals surface area contributed by atoms with E-state index >= 15 is 0 Å². The molecule has 1 saturated heterocycles. The number of hydrogen-bond donors (Lipinski definition) is 0. The van der Waals surface area contributed by atoms with Gasteiger partial charge >= 0.3 is 0 Å².